The largest absolute Gasteiger partial charge is 0.472 e. The van der Waals surface area contributed by atoms with Gasteiger partial charge in [0.25, 0.3) is 5.91 Å². The third-order valence-electron chi connectivity index (χ3n) is 5.60. The quantitative estimate of drug-likeness (QED) is 0.385. The summed E-state index contributed by atoms with van der Waals surface area (Å²) in [4.78, 5) is 17.7. The van der Waals surface area contributed by atoms with Gasteiger partial charge in [-0.15, -0.1) is 0 Å². The van der Waals surface area contributed by atoms with Crippen molar-refractivity contribution in [3.63, 3.8) is 0 Å². The zero-order valence-electron chi connectivity index (χ0n) is 18.0. The summed E-state index contributed by atoms with van der Waals surface area (Å²) in [6, 6.07) is 17.4. The summed E-state index contributed by atoms with van der Waals surface area (Å²) in [5.41, 5.74) is 9.26. The molecule has 0 aliphatic heterocycles. The molecule has 5 nitrogen and oxygen atoms in total. The van der Waals surface area contributed by atoms with Gasteiger partial charge in [-0.3, -0.25) is 9.78 Å². The lowest BCUT2D eigenvalue weighted by molar-refractivity contribution is 0.102. The van der Waals surface area contributed by atoms with E-state index in [0.29, 0.717) is 5.56 Å². The molecule has 2 heterocycles. The number of carbonyl (C=O) groups is 1. The molecule has 1 aliphatic rings. The molecule has 1 aliphatic carbocycles. The van der Waals surface area contributed by atoms with E-state index >= 15 is 0 Å². The van der Waals surface area contributed by atoms with Gasteiger partial charge in [0.15, 0.2) is 0 Å². The first-order valence-corrected chi connectivity index (χ1v) is 10.6. The fourth-order valence-electron chi connectivity index (χ4n) is 3.87. The molecule has 2 aromatic heterocycles. The van der Waals surface area contributed by atoms with E-state index in [2.05, 4.69) is 22.8 Å². The van der Waals surface area contributed by atoms with Gasteiger partial charge in [0.05, 0.1) is 23.9 Å². The molecule has 0 radical (unpaired) electrons. The highest BCUT2D eigenvalue weighted by Crippen LogP contribution is 2.34. The molecule has 0 spiro atoms. The van der Waals surface area contributed by atoms with E-state index in [1.54, 1.807) is 12.5 Å². The standard InChI is InChI=1S/C27H23N3O2/c1-17-5-3-6-21(13-17)28-27(31)19-10-9-18(2)24(14-19)30-26-15-25(20-11-12-32-16-20)29-23-8-4-7-22(23)26/h3-7,9-16H,8H2,1-2H3,(H,28,31)(H,29,30). The first-order valence-electron chi connectivity index (χ1n) is 10.6. The van der Waals surface area contributed by atoms with Crippen molar-refractivity contribution in [2.24, 2.45) is 0 Å². The summed E-state index contributed by atoms with van der Waals surface area (Å²) in [6.07, 6.45) is 8.35. The number of anilines is 3. The van der Waals surface area contributed by atoms with Crippen molar-refractivity contribution in [2.45, 2.75) is 20.3 Å². The molecule has 5 heteroatoms. The van der Waals surface area contributed by atoms with Gasteiger partial charge in [-0.05, 0) is 61.4 Å². The maximum atomic E-state index is 12.9. The molecule has 0 saturated heterocycles. The molecule has 0 fully saturated rings. The number of allylic oxidation sites excluding steroid dienone is 1. The predicted octanol–water partition coefficient (Wildman–Crippen LogP) is 6.52. The summed E-state index contributed by atoms with van der Waals surface area (Å²) in [5.74, 6) is -0.141. The van der Waals surface area contributed by atoms with E-state index < -0.39 is 0 Å². The summed E-state index contributed by atoms with van der Waals surface area (Å²) in [5, 5.41) is 6.52. The fraction of sp³-hybridized carbons (Fsp3) is 0.111. The van der Waals surface area contributed by atoms with Crippen molar-refractivity contribution in [1.82, 2.24) is 4.98 Å². The molecule has 0 saturated carbocycles. The van der Waals surface area contributed by atoms with Gasteiger partial charge in [0, 0.05) is 40.2 Å². The Labute approximate surface area is 186 Å². The van der Waals surface area contributed by atoms with Crippen LogP contribution in [0.5, 0.6) is 0 Å². The number of carbonyl (C=O) groups excluding carboxylic acids is 1. The Morgan fingerprint density at radius 1 is 1.03 bits per heavy atom. The number of benzene rings is 2. The van der Waals surface area contributed by atoms with Gasteiger partial charge in [-0.1, -0.05) is 30.4 Å². The summed E-state index contributed by atoms with van der Waals surface area (Å²) in [6.45, 7) is 4.03. The second-order valence-electron chi connectivity index (χ2n) is 8.01. The minimum atomic E-state index is -0.141. The number of hydrogen-bond acceptors (Lipinski definition) is 4. The Kier molecular flexibility index (Phi) is 5.07. The summed E-state index contributed by atoms with van der Waals surface area (Å²) in [7, 11) is 0. The molecule has 32 heavy (non-hydrogen) atoms. The number of fused-ring (bicyclic) bond motifs is 1. The lowest BCUT2D eigenvalue weighted by atomic mass is 10.1. The normalized spacial score (nSPS) is 11.9. The highest BCUT2D eigenvalue weighted by atomic mass is 16.3. The zero-order chi connectivity index (χ0) is 22.1. The molecular formula is C27H23N3O2. The number of rotatable bonds is 5. The number of nitrogens with zero attached hydrogens (tertiary/aromatic N) is 1. The molecule has 2 N–H and O–H groups in total. The maximum Gasteiger partial charge on any atom is 0.255 e. The maximum absolute atomic E-state index is 12.9. The van der Waals surface area contributed by atoms with Crippen LogP contribution in [0.25, 0.3) is 17.3 Å². The van der Waals surface area contributed by atoms with E-state index in [4.69, 9.17) is 9.40 Å². The number of aromatic nitrogens is 1. The van der Waals surface area contributed by atoms with Crippen LogP contribution in [-0.2, 0) is 6.42 Å². The van der Waals surface area contributed by atoms with Crippen LogP contribution in [0.3, 0.4) is 0 Å². The summed E-state index contributed by atoms with van der Waals surface area (Å²) < 4.78 is 5.24. The van der Waals surface area contributed by atoms with Crippen molar-refractivity contribution < 1.29 is 9.21 Å². The van der Waals surface area contributed by atoms with E-state index in [9.17, 15) is 4.79 Å². The van der Waals surface area contributed by atoms with Crippen LogP contribution < -0.4 is 10.6 Å². The monoisotopic (exact) mass is 421 g/mol. The second kappa shape index (κ2) is 8.19. The Morgan fingerprint density at radius 2 is 1.94 bits per heavy atom. The van der Waals surface area contributed by atoms with Crippen LogP contribution >= 0.6 is 0 Å². The Hall–Kier alpha value is -4.12. The third kappa shape index (κ3) is 3.93. The van der Waals surface area contributed by atoms with E-state index in [1.165, 1.54) is 0 Å². The lowest BCUT2D eigenvalue weighted by Crippen LogP contribution is -2.12. The van der Waals surface area contributed by atoms with Gasteiger partial charge in [0.1, 0.15) is 0 Å². The van der Waals surface area contributed by atoms with E-state index in [-0.39, 0.29) is 5.91 Å². The van der Waals surface area contributed by atoms with Crippen LogP contribution in [0.15, 0.2) is 77.6 Å². The number of hydrogen-bond donors (Lipinski definition) is 2. The number of nitrogens with one attached hydrogen (secondary N) is 2. The minimum Gasteiger partial charge on any atom is -0.472 e. The van der Waals surface area contributed by atoms with Gasteiger partial charge < -0.3 is 15.1 Å². The van der Waals surface area contributed by atoms with Crippen molar-refractivity contribution in [3.8, 4) is 11.3 Å². The third-order valence-corrected chi connectivity index (χ3v) is 5.60. The average molecular weight is 422 g/mol. The predicted molar refractivity (Wildman–Crippen MR) is 128 cm³/mol. The lowest BCUT2D eigenvalue weighted by Gasteiger charge is -2.15. The SMILES string of the molecule is Cc1cccc(NC(=O)c2ccc(C)c(Nc3cc(-c4ccoc4)nc4c3C=CC4)c2)c1. The highest BCUT2D eigenvalue weighted by molar-refractivity contribution is 6.05. The topological polar surface area (TPSA) is 67.2 Å². The number of pyridine rings is 1. The first-order chi connectivity index (χ1) is 15.6. The fourth-order valence-corrected chi connectivity index (χ4v) is 3.87. The van der Waals surface area contributed by atoms with Crippen LogP contribution in [0.1, 0.15) is 32.7 Å². The average Bonchev–Trinajstić information content (AvgIpc) is 3.47. The van der Waals surface area contributed by atoms with Gasteiger partial charge in [-0.2, -0.15) is 0 Å². The Balaban J connectivity index is 1.46. The highest BCUT2D eigenvalue weighted by Gasteiger charge is 2.17. The van der Waals surface area contributed by atoms with Gasteiger partial charge in [0.2, 0.25) is 0 Å². The first kappa shape index (κ1) is 19.8. The molecule has 4 aromatic rings. The van der Waals surface area contributed by atoms with Crippen molar-refractivity contribution in [2.75, 3.05) is 10.6 Å². The Morgan fingerprint density at radius 3 is 2.75 bits per heavy atom. The van der Waals surface area contributed by atoms with Gasteiger partial charge >= 0.3 is 0 Å². The minimum absolute atomic E-state index is 0.141. The molecule has 0 atom stereocenters. The molecule has 2 aromatic carbocycles. The molecular weight excluding hydrogens is 398 g/mol. The number of furan rings is 1. The molecule has 0 unspecified atom stereocenters. The van der Waals surface area contributed by atoms with Crippen LogP contribution in [0.2, 0.25) is 0 Å². The second-order valence-corrected chi connectivity index (χ2v) is 8.01. The molecule has 158 valence electrons. The zero-order valence-corrected chi connectivity index (χ0v) is 18.0. The molecule has 1 amide bonds. The van der Waals surface area contributed by atoms with Crippen molar-refractivity contribution in [1.29, 1.82) is 0 Å². The van der Waals surface area contributed by atoms with E-state index in [0.717, 1.165) is 57.1 Å². The number of amides is 1. The molecule has 0 bridgehead atoms. The van der Waals surface area contributed by atoms with Crippen LogP contribution in [0.4, 0.5) is 17.1 Å². The van der Waals surface area contributed by atoms with E-state index in [1.807, 2.05) is 68.4 Å². The summed E-state index contributed by atoms with van der Waals surface area (Å²) >= 11 is 0. The van der Waals surface area contributed by atoms with Crippen molar-refractivity contribution >= 4 is 29.0 Å². The Bertz CT molecular complexity index is 1340. The van der Waals surface area contributed by atoms with Crippen molar-refractivity contribution in [3.05, 3.63) is 101 Å². The van der Waals surface area contributed by atoms with Gasteiger partial charge in [-0.25, -0.2) is 0 Å². The smallest absolute Gasteiger partial charge is 0.255 e. The van der Waals surface area contributed by atoms with Crippen LogP contribution in [0, 0.1) is 13.8 Å². The van der Waals surface area contributed by atoms with Crippen LogP contribution in [-0.4, -0.2) is 10.9 Å². The number of aryl methyl sites for hydroxylation is 2. The molecule has 5 rings (SSSR count).